The van der Waals surface area contributed by atoms with Gasteiger partial charge in [0, 0.05) is 25.3 Å². The number of nitrogens with two attached hydrogens (primary N) is 1. The first kappa shape index (κ1) is 12.6. The Kier molecular flexibility index (Phi) is 3.84. The van der Waals surface area contributed by atoms with Crippen LogP contribution in [-0.2, 0) is 0 Å². The maximum Gasteiger partial charge on any atom is 0.167 e. The van der Waals surface area contributed by atoms with E-state index in [1.54, 1.807) is 0 Å². The lowest BCUT2D eigenvalue weighted by atomic mass is 9.99. The van der Waals surface area contributed by atoms with Crippen molar-refractivity contribution >= 4 is 17.4 Å². The van der Waals surface area contributed by atoms with Crippen LogP contribution >= 0.6 is 11.6 Å². The highest BCUT2D eigenvalue weighted by molar-refractivity contribution is 6.30. The molecule has 2 atom stereocenters. The number of anilines is 1. The first-order valence-corrected chi connectivity index (χ1v) is 6.31. The molecule has 1 aromatic heterocycles. The van der Waals surface area contributed by atoms with E-state index in [9.17, 15) is 4.39 Å². The normalized spacial score (nSPS) is 24.4. The van der Waals surface area contributed by atoms with Gasteiger partial charge in [-0.2, -0.15) is 0 Å². The number of nitrogens with zero attached hydrogens (tertiary/aromatic N) is 2. The van der Waals surface area contributed by atoms with Crippen LogP contribution in [0.25, 0.3) is 0 Å². The van der Waals surface area contributed by atoms with Crippen LogP contribution in [0.2, 0.25) is 5.02 Å². The van der Waals surface area contributed by atoms with E-state index >= 15 is 0 Å². The third kappa shape index (κ3) is 2.69. The van der Waals surface area contributed by atoms with E-state index in [4.69, 9.17) is 17.3 Å². The molecule has 0 aliphatic carbocycles. The van der Waals surface area contributed by atoms with E-state index in [1.165, 1.54) is 12.3 Å². The van der Waals surface area contributed by atoms with E-state index in [0.717, 1.165) is 19.4 Å². The van der Waals surface area contributed by atoms with Crippen molar-refractivity contribution < 1.29 is 4.39 Å². The molecule has 0 aromatic carbocycles. The van der Waals surface area contributed by atoms with Crippen molar-refractivity contribution in [2.75, 3.05) is 18.0 Å². The minimum atomic E-state index is -0.373. The summed E-state index contributed by atoms with van der Waals surface area (Å²) in [5, 5.41) is 0.319. The second-order valence-electron chi connectivity index (χ2n) is 4.58. The molecule has 2 N–H and O–H groups in total. The van der Waals surface area contributed by atoms with Crippen molar-refractivity contribution in [2.24, 2.45) is 11.7 Å². The second kappa shape index (κ2) is 5.19. The van der Waals surface area contributed by atoms with Crippen molar-refractivity contribution in [1.82, 2.24) is 4.98 Å². The smallest absolute Gasteiger partial charge is 0.167 e. The Morgan fingerprint density at radius 1 is 1.59 bits per heavy atom. The number of rotatable bonds is 3. The Morgan fingerprint density at radius 3 is 3.00 bits per heavy atom. The summed E-state index contributed by atoms with van der Waals surface area (Å²) in [6.07, 6.45) is 3.65. The van der Waals surface area contributed by atoms with Crippen LogP contribution in [0.5, 0.6) is 0 Å². The molecule has 1 saturated heterocycles. The quantitative estimate of drug-likeness (QED) is 0.904. The molecule has 2 rings (SSSR count). The second-order valence-corrected chi connectivity index (χ2v) is 5.01. The Balaban J connectivity index is 2.14. The molecular weight excluding hydrogens is 241 g/mol. The zero-order valence-corrected chi connectivity index (χ0v) is 10.6. The van der Waals surface area contributed by atoms with Gasteiger partial charge in [0.15, 0.2) is 11.6 Å². The predicted octanol–water partition coefficient (Wildman–Crippen LogP) is 2.44. The minimum Gasteiger partial charge on any atom is -0.352 e. The summed E-state index contributed by atoms with van der Waals surface area (Å²) in [6, 6.07) is 1.40. The number of aromatic nitrogens is 1. The molecule has 1 fully saturated rings. The van der Waals surface area contributed by atoms with Crippen molar-refractivity contribution in [2.45, 2.75) is 25.8 Å². The molecule has 94 valence electrons. The molecule has 1 aliphatic heterocycles. The summed E-state index contributed by atoms with van der Waals surface area (Å²) in [5.41, 5.74) is 6.05. The van der Waals surface area contributed by atoms with Crippen LogP contribution in [0.4, 0.5) is 10.2 Å². The molecule has 0 amide bonds. The lowest BCUT2D eigenvalue weighted by molar-refractivity contribution is 0.472. The van der Waals surface area contributed by atoms with E-state index in [0.29, 0.717) is 23.3 Å². The van der Waals surface area contributed by atoms with Gasteiger partial charge < -0.3 is 10.6 Å². The summed E-state index contributed by atoms with van der Waals surface area (Å²) >= 11 is 5.68. The van der Waals surface area contributed by atoms with Crippen LogP contribution in [0.1, 0.15) is 19.8 Å². The van der Waals surface area contributed by atoms with Crippen molar-refractivity contribution in [3.8, 4) is 0 Å². The lowest BCUT2D eigenvalue weighted by Crippen LogP contribution is -2.29. The van der Waals surface area contributed by atoms with Crippen molar-refractivity contribution in [3.63, 3.8) is 0 Å². The molecule has 1 aromatic rings. The van der Waals surface area contributed by atoms with E-state index < -0.39 is 0 Å². The van der Waals surface area contributed by atoms with Crippen LogP contribution in [-0.4, -0.2) is 24.1 Å². The van der Waals surface area contributed by atoms with E-state index in [-0.39, 0.29) is 11.9 Å². The fraction of sp³-hybridized carbons (Fsp3) is 0.583. The Labute approximate surface area is 106 Å². The molecule has 0 saturated carbocycles. The first-order valence-electron chi connectivity index (χ1n) is 5.93. The molecule has 3 nitrogen and oxygen atoms in total. The lowest BCUT2D eigenvalue weighted by Gasteiger charge is -2.17. The third-order valence-electron chi connectivity index (χ3n) is 3.24. The third-order valence-corrected chi connectivity index (χ3v) is 3.45. The number of pyridine rings is 1. The monoisotopic (exact) mass is 257 g/mol. The summed E-state index contributed by atoms with van der Waals surface area (Å²) in [7, 11) is 0. The number of halogens is 2. The fourth-order valence-electron chi connectivity index (χ4n) is 2.39. The topological polar surface area (TPSA) is 42.2 Å². The molecule has 0 radical (unpaired) electrons. The van der Waals surface area contributed by atoms with Gasteiger partial charge >= 0.3 is 0 Å². The van der Waals surface area contributed by atoms with Gasteiger partial charge in [0.1, 0.15) is 0 Å². The zero-order chi connectivity index (χ0) is 12.4. The van der Waals surface area contributed by atoms with E-state index in [2.05, 4.69) is 11.9 Å². The van der Waals surface area contributed by atoms with Crippen LogP contribution in [0.3, 0.4) is 0 Å². The van der Waals surface area contributed by atoms with Gasteiger partial charge in [0.05, 0.1) is 5.02 Å². The standard InChI is InChI=1S/C12H17ClFN3/c1-2-3-8-6-17(7-11(8)15)12-10(14)4-9(13)5-16-12/h4-5,8,11H,2-3,6-7,15H2,1H3/t8-,11-/m0/s1. The summed E-state index contributed by atoms with van der Waals surface area (Å²) in [4.78, 5) is 5.97. The fourth-order valence-corrected chi connectivity index (χ4v) is 2.53. The average molecular weight is 258 g/mol. The Bertz CT molecular complexity index is 399. The molecule has 0 spiro atoms. The van der Waals surface area contributed by atoms with Gasteiger partial charge in [-0.25, -0.2) is 9.37 Å². The Hall–Kier alpha value is -0.870. The van der Waals surface area contributed by atoms with Crippen molar-refractivity contribution in [3.05, 3.63) is 23.1 Å². The van der Waals surface area contributed by atoms with Gasteiger partial charge in [-0.3, -0.25) is 0 Å². The molecule has 2 heterocycles. The zero-order valence-electron chi connectivity index (χ0n) is 9.87. The first-order chi connectivity index (χ1) is 8.11. The van der Waals surface area contributed by atoms with Crippen LogP contribution in [0.15, 0.2) is 12.3 Å². The number of hydrogen-bond acceptors (Lipinski definition) is 3. The largest absolute Gasteiger partial charge is 0.352 e. The van der Waals surface area contributed by atoms with E-state index in [1.807, 2.05) is 4.90 Å². The summed E-state index contributed by atoms with van der Waals surface area (Å²) in [6.45, 7) is 3.58. The van der Waals surface area contributed by atoms with Gasteiger partial charge in [-0.05, 0) is 18.4 Å². The molecular formula is C12H17ClFN3. The number of hydrogen-bond donors (Lipinski definition) is 1. The highest BCUT2D eigenvalue weighted by Gasteiger charge is 2.31. The SMILES string of the molecule is CCC[C@H]1CN(c2ncc(Cl)cc2F)C[C@@H]1N. The molecule has 5 heteroatoms. The van der Waals surface area contributed by atoms with Crippen molar-refractivity contribution in [1.29, 1.82) is 0 Å². The van der Waals surface area contributed by atoms with Gasteiger partial charge in [0.2, 0.25) is 0 Å². The molecule has 17 heavy (non-hydrogen) atoms. The van der Waals surface area contributed by atoms with Crippen LogP contribution in [0, 0.1) is 11.7 Å². The summed E-state index contributed by atoms with van der Waals surface area (Å²) < 4.78 is 13.7. The predicted molar refractivity (Wildman–Crippen MR) is 67.8 cm³/mol. The molecule has 0 bridgehead atoms. The molecule has 1 aliphatic rings. The highest BCUT2D eigenvalue weighted by atomic mass is 35.5. The minimum absolute atomic E-state index is 0.104. The van der Waals surface area contributed by atoms with Gasteiger partial charge in [-0.15, -0.1) is 0 Å². The maximum atomic E-state index is 13.7. The highest BCUT2D eigenvalue weighted by Crippen LogP contribution is 2.27. The maximum absolute atomic E-state index is 13.7. The molecule has 0 unspecified atom stereocenters. The van der Waals surface area contributed by atoms with Crippen LogP contribution < -0.4 is 10.6 Å². The van der Waals surface area contributed by atoms with Gasteiger partial charge in [-0.1, -0.05) is 24.9 Å². The average Bonchev–Trinajstić information content (AvgIpc) is 2.60. The Morgan fingerprint density at radius 2 is 2.35 bits per heavy atom. The van der Waals surface area contributed by atoms with Gasteiger partial charge in [0.25, 0.3) is 0 Å². The summed E-state index contributed by atoms with van der Waals surface area (Å²) in [5.74, 6) is 0.419.